The number of benzene rings is 1. The number of amides is 1. The van der Waals surface area contributed by atoms with Gasteiger partial charge in [0.2, 0.25) is 5.91 Å². The molecule has 2 rings (SSSR count). The van der Waals surface area contributed by atoms with Crippen molar-refractivity contribution >= 4 is 5.91 Å². The monoisotopic (exact) mass is 262 g/mol. The molecule has 1 aliphatic heterocycles. The lowest BCUT2D eigenvalue weighted by Gasteiger charge is -2.22. The number of piperidine rings is 1. The Balaban J connectivity index is 1.80. The van der Waals surface area contributed by atoms with E-state index in [4.69, 9.17) is 0 Å². The Kier molecular flexibility index (Phi) is 4.93. The summed E-state index contributed by atoms with van der Waals surface area (Å²) in [5.41, 5.74) is 2.00. The standard InChI is InChI=1S/C15H22N2O2/c1-11-4-6-12(7-5-11)14(18)10-17-15(19)13-3-2-8-16-9-13/h4-7,13-14,16,18H,2-3,8-10H2,1H3,(H,17,19). The highest BCUT2D eigenvalue weighted by Crippen LogP contribution is 2.14. The van der Waals surface area contributed by atoms with Gasteiger partial charge in [0.15, 0.2) is 0 Å². The highest BCUT2D eigenvalue weighted by molar-refractivity contribution is 5.79. The van der Waals surface area contributed by atoms with Crippen molar-refractivity contribution in [3.63, 3.8) is 0 Å². The number of aliphatic hydroxyl groups excluding tert-OH is 1. The van der Waals surface area contributed by atoms with Crippen LogP contribution in [0.25, 0.3) is 0 Å². The van der Waals surface area contributed by atoms with Gasteiger partial charge in [0, 0.05) is 13.1 Å². The molecular formula is C15H22N2O2. The summed E-state index contributed by atoms with van der Waals surface area (Å²) in [5.74, 6) is 0.0809. The number of carbonyl (C=O) groups is 1. The molecule has 2 atom stereocenters. The van der Waals surface area contributed by atoms with Gasteiger partial charge in [0.1, 0.15) is 0 Å². The summed E-state index contributed by atoms with van der Waals surface area (Å²) in [6.07, 6.45) is 1.33. The third-order valence-electron chi connectivity index (χ3n) is 3.60. The van der Waals surface area contributed by atoms with E-state index in [0.29, 0.717) is 0 Å². The van der Waals surface area contributed by atoms with Crippen LogP contribution in [0, 0.1) is 12.8 Å². The van der Waals surface area contributed by atoms with Crippen molar-refractivity contribution in [2.45, 2.75) is 25.9 Å². The second-order valence-corrected chi connectivity index (χ2v) is 5.21. The number of hydrogen-bond donors (Lipinski definition) is 3. The van der Waals surface area contributed by atoms with Crippen LogP contribution in [0.3, 0.4) is 0 Å². The number of carbonyl (C=O) groups excluding carboxylic acids is 1. The quantitative estimate of drug-likeness (QED) is 0.762. The van der Waals surface area contributed by atoms with Crippen molar-refractivity contribution in [1.82, 2.24) is 10.6 Å². The fourth-order valence-corrected chi connectivity index (χ4v) is 2.32. The van der Waals surface area contributed by atoms with E-state index >= 15 is 0 Å². The third kappa shape index (κ3) is 4.04. The van der Waals surface area contributed by atoms with Crippen LogP contribution in [0.15, 0.2) is 24.3 Å². The van der Waals surface area contributed by atoms with E-state index < -0.39 is 6.10 Å². The van der Waals surface area contributed by atoms with E-state index in [-0.39, 0.29) is 18.4 Å². The summed E-state index contributed by atoms with van der Waals surface area (Å²) in [4.78, 5) is 11.9. The summed E-state index contributed by atoms with van der Waals surface area (Å²) in [7, 11) is 0. The molecule has 3 N–H and O–H groups in total. The molecule has 0 radical (unpaired) electrons. The number of aryl methyl sites for hydroxylation is 1. The van der Waals surface area contributed by atoms with Gasteiger partial charge >= 0.3 is 0 Å². The summed E-state index contributed by atoms with van der Waals surface area (Å²) >= 11 is 0. The van der Waals surface area contributed by atoms with Crippen LogP contribution in [-0.4, -0.2) is 30.6 Å². The summed E-state index contributed by atoms with van der Waals surface area (Å²) in [6, 6.07) is 7.72. The van der Waals surface area contributed by atoms with Gasteiger partial charge in [-0.1, -0.05) is 29.8 Å². The molecule has 4 heteroatoms. The molecule has 2 unspecified atom stereocenters. The molecule has 0 aliphatic carbocycles. The predicted molar refractivity (Wildman–Crippen MR) is 74.7 cm³/mol. The van der Waals surface area contributed by atoms with E-state index in [0.717, 1.165) is 37.1 Å². The first-order valence-electron chi connectivity index (χ1n) is 6.90. The van der Waals surface area contributed by atoms with E-state index in [9.17, 15) is 9.90 Å². The summed E-state index contributed by atoms with van der Waals surface area (Å²) in [6.45, 7) is 4.02. The molecule has 0 saturated carbocycles. The van der Waals surface area contributed by atoms with E-state index in [1.807, 2.05) is 31.2 Å². The van der Waals surface area contributed by atoms with Gasteiger partial charge in [-0.3, -0.25) is 4.79 Å². The Labute approximate surface area is 114 Å². The second kappa shape index (κ2) is 6.68. The molecule has 1 amide bonds. The van der Waals surface area contributed by atoms with Crippen LogP contribution in [0.4, 0.5) is 0 Å². The van der Waals surface area contributed by atoms with Crippen LogP contribution in [-0.2, 0) is 4.79 Å². The lowest BCUT2D eigenvalue weighted by atomic mass is 9.98. The Morgan fingerprint density at radius 3 is 2.84 bits per heavy atom. The fourth-order valence-electron chi connectivity index (χ4n) is 2.32. The summed E-state index contributed by atoms with van der Waals surface area (Å²) in [5, 5.41) is 16.1. The van der Waals surface area contributed by atoms with Gasteiger partial charge < -0.3 is 15.7 Å². The average Bonchev–Trinajstić information content (AvgIpc) is 2.46. The van der Waals surface area contributed by atoms with Crippen molar-refractivity contribution < 1.29 is 9.90 Å². The molecule has 1 fully saturated rings. The Morgan fingerprint density at radius 1 is 1.47 bits per heavy atom. The maximum absolute atomic E-state index is 11.9. The molecule has 0 spiro atoms. The SMILES string of the molecule is Cc1ccc(C(O)CNC(=O)C2CCCNC2)cc1. The van der Waals surface area contributed by atoms with Gasteiger partial charge in [0.25, 0.3) is 0 Å². The predicted octanol–water partition coefficient (Wildman–Crippen LogP) is 1.14. The Morgan fingerprint density at radius 2 is 2.21 bits per heavy atom. The molecule has 4 nitrogen and oxygen atoms in total. The molecule has 104 valence electrons. The zero-order valence-electron chi connectivity index (χ0n) is 11.4. The molecule has 1 aromatic rings. The first-order chi connectivity index (χ1) is 9.16. The molecule has 1 saturated heterocycles. The second-order valence-electron chi connectivity index (χ2n) is 5.21. The fraction of sp³-hybridized carbons (Fsp3) is 0.533. The van der Waals surface area contributed by atoms with Gasteiger partial charge in [-0.2, -0.15) is 0 Å². The topological polar surface area (TPSA) is 61.4 Å². The highest BCUT2D eigenvalue weighted by Gasteiger charge is 2.21. The number of rotatable bonds is 4. The molecule has 19 heavy (non-hydrogen) atoms. The van der Waals surface area contributed by atoms with Gasteiger partial charge in [-0.25, -0.2) is 0 Å². The minimum Gasteiger partial charge on any atom is -0.387 e. The lowest BCUT2D eigenvalue weighted by molar-refractivity contribution is -0.125. The average molecular weight is 262 g/mol. The molecule has 1 aromatic carbocycles. The van der Waals surface area contributed by atoms with Crippen LogP contribution in [0.5, 0.6) is 0 Å². The Bertz CT molecular complexity index is 411. The van der Waals surface area contributed by atoms with Crippen molar-refractivity contribution in [3.8, 4) is 0 Å². The number of nitrogens with one attached hydrogen (secondary N) is 2. The first kappa shape index (κ1) is 14.0. The normalized spacial score (nSPS) is 20.8. The molecule has 1 aliphatic rings. The minimum absolute atomic E-state index is 0.0401. The zero-order valence-corrected chi connectivity index (χ0v) is 11.4. The van der Waals surface area contributed by atoms with Gasteiger partial charge in [-0.15, -0.1) is 0 Å². The van der Waals surface area contributed by atoms with Gasteiger partial charge in [-0.05, 0) is 31.9 Å². The third-order valence-corrected chi connectivity index (χ3v) is 3.60. The maximum Gasteiger partial charge on any atom is 0.224 e. The van der Waals surface area contributed by atoms with Crippen LogP contribution >= 0.6 is 0 Å². The van der Waals surface area contributed by atoms with Crippen molar-refractivity contribution in [2.75, 3.05) is 19.6 Å². The number of hydrogen-bond acceptors (Lipinski definition) is 3. The van der Waals surface area contributed by atoms with E-state index in [1.165, 1.54) is 0 Å². The Hall–Kier alpha value is -1.39. The molecule has 0 bridgehead atoms. The van der Waals surface area contributed by atoms with Crippen molar-refractivity contribution in [1.29, 1.82) is 0 Å². The first-order valence-corrected chi connectivity index (χ1v) is 6.90. The lowest BCUT2D eigenvalue weighted by Crippen LogP contribution is -2.41. The minimum atomic E-state index is -0.638. The van der Waals surface area contributed by atoms with Crippen LogP contribution in [0.2, 0.25) is 0 Å². The molecule has 1 heterocycles. The van der Waals surface area contributed by atoms with Crippen LogP contribution < -0.4 is 10.6 Å². The van der Waals surface area contributed by atoms with E-state index in [1.54, 1.807) is 0 Å². The highest BCUT2D eigenvalue weighted by atomic mass is 16.3. The summed E-state index contributed by atoms with van der Waals surface area (Å²) < 4.78 is 0. The number of aliphatic hydroxyl groups is 1. The van der Waals surface area contributed by atoms with Crippen LogP contribution in [0.1, 0.15) is 30.1 Å². The van der Waals surface area contributed by atoms with Crippen molar-refractivity contribution in [3.05, 3.63) is 35.4 Å². The van der Waals surface area contributed by atoms with Crippen molar-refractivity contribution in [2.24, 2.45) is 5.92 Å². The maximum atomic E-state index is 11.9. The molecule has 0 aromatic heterocycles. The largest absolute Gasteiger partial charge is 0.387 e. The smallest absolute Gasteiger partial charge is 0.224 e. The molecular weight excluding hydrogens is 240 g/mol. The zero-order chi connectivity index (χ0) is 13.7. The van der Waals surface area contributed by atoms with E-state index in [2.05, 4.69) is 10.6 Å². The van der Waals surface area contributed by atoms with Gasteiger partial charge in [0.05, 0.1) is 12.0 Å².